The maximum absolute atomic E-state index is 12.1. The maximum atomic E-state index is 12.1. The lowest BCUT2D eigenvalue weighted by Gasteiger charge is -2.30. The molecule has 1 aliphatic rings. The molecule has 106 valence electrons. The van der Waals surface area contributed by atoms with Crippen LogP contribution in [0.25, 0.3) is 0 Å². The molecule has 2 aromatic rings. The van der Waals surface area contributed by atoms with Crippen LogP contribution in [-0.2, 0) is 4.79 Å². The summed E-state index contributed by atoms with van der Waals surface area (Å²) in [6.45, 7) is 1.88. The minimum Gasteiger partial charge on any atom is -0.345 e. The highest BCUT2D eigenvalue weighted by Crippen LogP contribution is 2.34. The summed E-state index contributed by atoms with van der Waals surface area (Å²) in [5.74, 6) is -0.215. The zero-order valence-electron chi connectivity index (χ0n) is 11.4. The first-order valence-corrected chi connectivity index (χ1v) is 6.71. The van der Waals surface area contributed by atoms with Crippen LogP contribution in [0, 0.1) is 10.1 Å². The lowest BCUT2D eigenvalue weighted by atomic mass is 9.84. The first-order chi connectivity index (χ1) is 10.1. The first-order valence-electron chi connectivity index (χ1n) is 6.71. The van der Waals surface area contributed by atoms with E-state index in [-0.39, 0.29) is 23.6 Å². The fraction of sp³-hybridized carbons (Fsp3) is 0.188. The van der Waals surface area contributed by atoms with Crippen LogP contribution in [-0.4, -0.2) is 10.8 Å². The van der Waals surface area contributed by atoms with E-state index in [1.807, 2.05) is 31.2 Å². The Labute approximate surface area is 121 Å². The number of fused-ring (bicyclic) bond motifs is 1. The number of hydrogen-bond acceptors (Lipinski definition) is 3. The van der Waals surface area contributed by atoms with Gasteiger partial charge in [0, 0.05) is 12.1 Å². The summed E-state index contributed by atoms with van der Waals surface area (Å²) in [4.78, 5) is 22.4. The molecule has 5 heteroatoms. The van der Waals surface area contributed by atoms with E-state index in [1.165, 1.54) is 12.1 Å². The Bertz CT molecular complexity index is 710. The number of nitro groups is 1. The number of nitro benzene ring substituents is 1. The molecule has 1 amide bonds. The average Bonchev–Trinajstić information content (AvgIpc) is 2.51. The highest BCUT2D eigenvalue weighted by molar-refractivity contribution is 5.86. The molecule has 1 N–H and O–H groups in total. The zero-order chi connectivity index (χ0) is 15.0. The lowest BCUT2D eigenvalue weighted by molar-refractivity contribution is -0.384. The third kappa shape index (κ3) is 2.27. The molecule has 21 heavy (non-hydrogen) atoms. The molecule has 2 atom stereocenters. The number of carbonyl (C=O) groups excluding carboxylic acids is 1. The summed E-state index contributed by atoms with van der Waals surface area (Å²) in [6.07, 6.45) is 0. The van der Waals surface area contributed by atoms with Crippen molar-refractivity contribution in [1.82, 2.24) is 5.32 Å². The third-order valence-corrected chi connectivity index (χ3v) is 3.89. The topological polar surface area (TPSA) is 72.2 Å². The monoisotopic (exact) mass is 282 g/mol. The second-order valence-electron chi connectivity index (χ2n) is 5.14. The number of carbonyl (C=O) groups is 1. The van der Waals surface area contributed by atoms with Crippen LogP contribution in [0.15, 0.2) is 48.5 Å². The average molecular weight is 282 g/mol. The first kappa shape index (κ1) is 13.3. The number of non-ortho nitro benzene ring substituents is 1. The Hall–Kier alpha value is -2.69. The van der Waals surface area contributed by atoms with Gasteiger partial charge in [0.2, 0.25) is 5.91 Å². The van der Waals surface area contributed by atoms with Crippen molar-refractivity contribution in [3.63, 3.8) is 0 Å². The SMILES string of the molecule is C[C@H]1C(=O)N[C@@H](c2ccc([N+](=O)[O-])cc2)c2ccccc21. The predicted octanol–water partition coefficient (Wildman–Crippen LogP) is 2.92. The Morgan fingerprint density at radius 3 is 2.29 bits per heavy atom. The van der Waals surface area contributed by atoms with Gasteiger partial charge < -0.3 is 5.32 Å². The molecular formula is C16H14N2O3. The van der Waals surface area contributed by atoms with Crippen LogP contribution >= 0.6 is 0 Å². The van der Waals surface area contributed by atoms with Crippen LogP contribution in [0.2, 0.25) is 0 Å². The number of hydrogen-bond donors (Lipinski definition) is 1. The van der Waals surface area contributed by atoms with Gasteiger partial charge >= 0.3 is 0 Å². The van der Waals surface area contributed by atoms with Gasteiger partial charge in [0.05, 0.1) is 16.9 Å². The molecular weight excluding hydrogens is 268 g/mol. The minimum absolute atomic E-state index is 0.0305. The summed E-state index contributed by atoms with van der Waals surface area (Å²) >= 11 is 0. The molecule has 1 heterocycles. The van der Waals surface area contributed by atoms with Crippen molar-refractivity contribution in [3.05, 3.63) is 75.3 Å². The van der Waals surface area contributed by atoms with E-state index in [4.69, 9.17) is 0 Å². The van der Waals surface area contributed by atoms with E-state index >= 15 is 0 Å². The molecule has 0 saturated carbocycles. The van der Waals surface area contributed by atoms with Gasteiger partial charge in [-0.3, -0.25) is 14.9 Å². The van der Waals surface area contributed by atoms with Gasteiger partial charge in [-0.2, -0.15) is 0 Å². The van der Waals surface area contributed by atoms with E-state index in [0.29, 0.717) is 0 Å². The van der Waals surface area contributed by atoms with Crippen molar-refractivity contribution < 1.29 is 9.72 Å². The fourth-order valence-electron chi connectivity index (χ4n) is 2.71. The Morgan fingerprint density at radius 2 is 1.67 bits per heavy atom. The van der Waals surface area contributed by atoms with Gasteiger partial charge in [-0.1, -0.05) is 24.3 Å². The van der Waals surface area contributed by atoms with Crippen LogP contribution in [0.4, 0.5) is 5.69 Å². The molecule has 0 unspecified atom stereocenters. The van der Waals surface area contributed by atoms with Crippen molar-refractivity contribution in [1.29, 1.82) is 0 Å². The standard InChI is InChI=1S/C16H14N2O3/c1-10-13-4-2-3-5-14(13)15(17-16(10)19)11-6-8-12(9-7-11)18(20)21/h2-10,15H,1H3,(H,17,19)/t10-,15+/m1/s1. The molecule has 0 radical (unpaired) electrons. The van der Waals surface area contributed by atoms with Crippen LogP contribution in [0.1, 0.15) is 35.6 Å². The van der Waals surface area contributed by atoms with E-state index in [9.17, 15) is 14.9 Å². The number of rotatable bonds is 2. The van der Waals surface area contributed by atoms with Gasteiger partial charge in [-0.25, -0.2) is 0 Å². The van der Waals surface area contributed by atoms with Crippen LogP contribution < -0.4 is 5.32 Å². The van der Waals surface area contributed by atoms with Crippen molar-refractivity contribution in [2.75, 3.05) is 0 Å². The third-order valence-electron chi connectivity index (χ3n) is 3.89. The highest BCUT2D eigenvalue weighted by Gasteiger charge is 2.30. The van der Waals surface area contributed by atoms with E-state index in [2.05, 4.69) is 5.32 Å². The fourth-order valence-corrected chi connectivity index (χ4v) is 2.71. The summed E-state index contributed by atoms with van der Waals surface area (Å²) in [7, 11) is 0. The van der Waals surface area contributed by atoms with Crippen molar-refractivity contribution in [2.24, 2.45) is 0 Å². The van der Waals surface area contributed by atoms with E-state index in [0.717, 1.165) is 16.7 Å². The molecule has 0 bridgehead atoms. The molecule has 5 nitrogen and oxygen atoms in total. The molecule has 0 aliphatic carbocycles. The Morgan fingerprint density at radius 1 is 1.05 bits per heavy atom. The van der Waals surface area contributed by atoms with E-state index in [1.54, 1.807) is 12.1 Å². The molecule has 0 saturated heterocycles. The second kappa shape index (κ2) is 5.01. The molecule has 0 spiro atoms. The molecule has 0 fully saturated rings. The van der Waals surface area contributed by atoms with Gasteiger partial charge in [0.25, 0.3) is 5.69 Å². The summed E-state index contributed by atoms with van der Waals surface area (Å²) in [5.41, 5.74) is 2.93. The van der Waals surface area contributed by atoms with Gasteiger partial charge in [-0.15, -0.1) is 0 Å². The largest absolute Gasteiger partial charge is 0.345 e. The number of amides is 1. The van der Waals surface area contributed by atoms with Crippen LogP contribution in [0.3, 0.4) is 0 Å². The number of nitrogens with zero attached hydrogens (tertiary/aromatic N) is 1. The smallest absolute Gasteiger partial charge is 0.269 e. The molecule has 0 aromatic heterocycles. The van der Waals surface area contributed by atoms with Gasteiger partial charge in [-0.05, 0) is 35.7 Å². The predicted molar refractivity (Wildman–Crippen MR) is 77.9 cm³/mol. The van der Waals surface area contributed by atoms with Gasteiger partial charge in [0.1, 0.15) is 0 Å². The Kier molecular flexibility index (Phi) is 3.17. The van der Waals surface area contributed by atoms with Gasteiger partial charge in [0.15, 0.2) is 0 Å². The summed E-state index contributed by atoms with van der Waals surface area (Å²) in [5, 5.41) is 13.7. The normalized spacial score (nSPS) is 20.5. The quantitative estimate of drug-likeness (QED) is 0.680. The Balaban J connectivity index is 2.04. The van der Waals surface area contributed by atoms with E-state index < -0.39 is 4.92 Å². The number of nitrogens with one attached hydrogen (secondary N) is 1. The second-order valence-corrected chi connectivity index (χ2v) is 5.14. The van der Waals surface area contributed by atoms with Crippen molar-refractivity contribution in [3.8, 4) is 0 Å². The highest BCUT2D eigenvalue weighted by atomic mass is 16.6. The zero-order valence-corrected chi connectivity index (χ0v) is 11.4. The lowest BCUT2D eigenvalue weighted by Crippen LogP contribution is -2.38. The molecule has 2 aromatic carbocycles. The summed E-state index contributed by atoms with van der Waals surface area (Å²) < 4.78 is 0. The minimum atomic E-state index is -0.431. The summed E-state index contributed by atoms with van der Waals surface area (Å²) in [6, 6.07) is 13.8. The van der Waals surface area contributed by atoms with Crippen LogP contribution in [0.5, 0.6) is 0 Å². The molecule has 3 rings (SSSR count). The van der Waals surface area contributed by atoms with Crippen molar-refractivity contribution in [2.45, 2.75) is 18.9 Å². The number of benzene rings is 2. The maximum Gasteiger partial charge on any atom is 0.269 e. The van der Waals surface area contributed by atoms with Crippen molar-refractivity contribution >= 4 is 11.6 Å². The molecule has 1 aliphatic heterocycles.